The molecule has 5 aromatic heterocycles. The van der Waals surface area contributed by atoms with Crippen molar-refractivity contribution in [1.82, 2.24) is 0 Å². The zero-order valence-corrected chi connectivity index (χ0v) is 62.7. The molecule has 1 atom stereocenters. The van der Waals surface area contributed by atoms with Gasteiger partial charge in [0.1, 0.15) is 35.2 Å². The van der Waals surface area contributed by atoms with E-state index >= 15 is 0 Å². The van der Waals surface area contributed by atoms with E-state index in [0.29, 0.717) is 22.5 Å². The van der Waals surface area contributed by atoms with Crippen LogP contribution in [0.3, 0.4) is 0 Å². The first-order valence-corrected chi connectivity index (χ1v) is 33.0. The summed E-state index contributed by atoms with van der Waals surface area (Å²) in [7, 11) is 9.44. The molecule has 5 heterocycles. The van der Waals surface area contributed by atoms with Crippen molar-refractivity contribution in [3.05, 3.63) is 263 Å². The molecule has 0 saturated carbocycles. The first kappa shape index (κ1) is 48.5. The minimum absolute atomic E-state index is 0.0192. The minimum Gasteiger partial charge on any atom is -0.201 e. The summed E-state index contributed by atoms with van der Waals surface area (Å²) in [5.41, 5.74) is 25.3. The van der Waals surface area contributed by atoms with E-state index in [0.717, 1.165) is 39.1 Å². The molecule has 0 aliphatic heterocycles. The van der Waals surface area contributed by atoms with Crippen molar-refractivity contribution in [2.24, 2.45) is 46.6 Å². The molecule has 97 heavy (non-hydrogen) atoms. The molecule has 0 N–H and O–H groups in total. The molecular formula is C92H126N5+5. The van der Waals surface area contributed by atoms with Crippen molar-refractivity contribution >= 4 is 0 Å². The smallest absolute Gasteiger partial charge is 0.201 e. The zero-order valence-electron chi connectivity index (χ0n) is 88.7. The van der Waals surface area contributed by atoms with Gasteiger partial charge in [-0.05, 0) is 252 Å². The Morgan fingerprint density at radius 1 is 0.361 bits per heavy atom. The summed E-state index contributed by atoms with van der Waals surface area (Å²) in [6.07, 6.45) is 5.24. The molecule has 10 aromatic rings. The summed E-state index contributed by atoms with van der Waals surface area (Å²) in [5.74, 6) is -2.14. The highest BCUT2D eigenvalue weighted by Gasteiger charge is 2.23. The van der Waals surface area contributed by atoms with Crippen molar-refractivity contribution in [2.75, 3.05) is 0 Å². The molecule has 514 valence electrons. The molecule has 0 radical (unpaired) electrons. The second-order valence-electron chi connectivity index (χ2n) is 27.3. The van der Waals surface area contributed by atoms with E-state index in [-0.39, 0.29) is 38.9 Å². The van der Waals surface area contributed by atoms with Gasteiger partial charge in [0.25, 0.3) is 0 Å². The maximum absolute atomic E-state index is 8.67. The number of hydrogen-bond acceptors (Lipinski definition) is 0. The maximum atomic E-state index is 8.67. The number of benzene rings is 5. The highest BCUT2D eigenvalue weighted by Crippen LogP contribution is 2.31. The first-order chi connectivity index (χ1) is 55.5. The lowest BCUT2D eigenvalue weighted by Crippen LogP contribution is -2.32. The summed E-state index contributed by atoms with van der Waals surface area (Å²) < 4.78 is 209. The molecule has 5 heteroatoms. The summed E-state index contributed by atoms with van der Waals surface area (Å²) in [6, 6.07) is 35.4. The van der Waals surface area contributed by atoms with E-state index in [4.69, 9.17) is 35.6 Å². The van der Waals surface area contributed by atoms with Gasteiger partial charge >= 0.3 is 0 Å². The second kappa shape index (κ2) is 34.9. The molecular weight excluding hydrogens is 1180 g/mol. The highest BCUT2D eigenvalue weighted by molar-refractivity contribution is 5.67. The Hall–Kier alpha value is -8.15. The van der Waals surface area contributed by atoms with Crippen LogP contribution in [0.15, 0.2) is 146 Å². The lowest BCUT2D eigenvalue weighted by Gasteiger charge is -2.19. The molecule has 0 aliphatic carbocycles. The minimum atomic E-state index is -2.47. The van der Waals surface area contributed by atoms with Gasteiger partial charge in [0.15, 0.2) is 31.0 Å². The molecule has 0 bridgehead atoms. The summed E-state index contributed by atoms with van der Waals surface area (Å²) in [5, 5.41) is 0. The van der Waals surface area contributed by atoms with Gasteiger partial charge in [-0.15, -0.1) is 0 Å². The Kier molecular flexibility index (Phi) is 17.5. The van der Waals surface area contributed by atoms with Gasteiger partial charge in [0.2, 0.25) is 28.5 Å². The largest absolute Gasteiger partial charge is 0.212 e. The number of hydrogen-bond donors (Lipinski definition) is 0. The van der Waals surface area contributed by atoms with Crippen molar-refractivity contribution < 1.29 is 58.5 Å². The fraction of sp³-hybridized carbons (Fsp3) is 0.402. The van der Waals surface area contributed by atoms with Crippen molar-refractivity contribution in [2.45, 2.75) is 205 Å². The van der Waals surface area contributed by atoms with Crippen LogP contribution in [-0.2, 0) is 48.0 Å². The third-order valence-electron chi connectivity index (χ3n) is 17.1. The van der Waals surface area contributed by atoms with Gasteiger partial charge < -0.3 is 0 Å². The standard InChI is InChI=1S/C20H28N.C19H26N.C18H24N.C17H22N.C16H20N.C2H6/c1-14-8-9-18(15(2)10-14)19-11-17(12-20(4,5)6)16(3)13-21(19)7;1-13(2)9-17-11-19(20(6)12-16(17)5)18-8-7-14(3)10-15(18)4;1-12(2)17-11-19(6)18(10-15(17)5)16-8-7-13(3)9-14(16)4;1-11-7-13(3)15(5)16(8-11)17-9-12(2)14(4)10-18(17)6;1-11-6-7-16(17(5)10-11)15-9-12(2)8-13(3)14(15)4;1-2/h8-11,13H,12H2,1-7H3;7-8,10-13H,9H2,1-6H3;7-12H,1-6H3;7-10H,1-6H3;6-10H,1-5H3;1-2H3/q5*+1;/i1D3,3D3,12D2;3D3,5D3,9D2;1D3,3D3,12D;;;1D3. The van der Waals surface area contributed by atoms with Crippen LogP contribution in [0.1, 0.15) is 221 Å². The van der Waals surface area contributed by atoms with Gasteiger partial charge in [-0.2, -0.15) is 0 Å². The summed E-state index contributed by atoms with van der Waals surface area (Å²) in [4.78, 5) is 0. The third-order valence-corrected chi connectivity index (χ3v) is 17.1. The first-order valence-electron chi connectivity index (χ1n) is 46.0. The monoisotopic (exact) mass is 1330 g/mol. The van der Waals surface area contributed by atoms with Crippen LogP contribution in [0.2, 0.25) is 0 Å². The number of aromatic nitrogens is 5. The molecule has 5 aromatic carbocycles. The normalized spacial score (nSPS) is 16.7. The van der Waals surface area contributed by atoms with Crippen LogP contribution < -0.4 is 22.8 Å². The molecule has 5 nitrogen and oxygen atoms in total. The van der Waals surface area contributed by atoms with Crippen LogP contribution in [0, 0.1) is 136 Å². The third kappa shape index (κ3) is 21.7. The quantitative estimate of drug-likeness (QED) is 0.128. The van der Waals surface area contributed by atoms with Crippen molar-refractivity contribution in [3.63, 3.8) is 0 Å². The molecule has 0 amide bonds. The van der Waals surface area contributed by atoms with E-state index in [9.17, 15) is 0 Å². The lowest BCUT2D eigenvalue weighted by molar-refractivity contribution is -0.661. The Balaban J connectivity index is 0.000000273. The summed E-state index contributed by atoms with van der Waals surface area (Å²) in [6.45, 7) is 22.3. The van der Waals surface area contributed by atoms with Gasteiger partial charge in [-0.1, -0.05) is 139 Å². The number of rotatable bonds is 9. The van der Waals surface area contributed by atoms with E-state index in [1.54, 1.807) is 151 Å². The van der Waals surface area contributed by atoms with Gasteiger partial charge in [-0.25, -0.2) is 22.8 Å². The average molecular weight is 1330 g/mol. The molecule has 1 unspecified atom stereocenters. The van der Waals surface area contributed by atoms with Gasteiger partial charge in [0.05, 0.1) is 0 Å². The maximum Gasteiger partial charge on any atom is 0.212 e. The topological polar surface area (TPSA) is 19.4 Å². The molecule has 10 rings (SSSR count). The Morgan fingerprint density at radius 2 is 0.732 bits per heavy atom. The van der Waals surface area contributed by atoms with Crippen molar-refractivity contribution in [3.8, 4) is 56.3 Å². The predicted octanol–water partition coefficient (Wildman–Crippen LogP) is 21.4. The second-order valence-corrected chi connectivity index (χ2v) is 27.3. The molecule has 0 saturated heterocycles. The van der Waals surface area contributed by atoms with E-state index in [1.165, 1.54) is 111 Å². The highest BCUT2D eigenvalue weighted by atomic mass is 14.9. The zero-order chi connectivity index (χ0) is 94.8. The average Bonchev–Trinajstić information content (AvgIpc) is 0.728. The Bertz CT molecular complexity index is 5440. The fourth-order valence-corrected chi connectivity index (χ4v) is 11.8. The predicted molar refractivity (Wildman–Crippen MR) is 418 cm³/mol. The van der Waals surface area contributed by atoms with Crippen LogP contribution >= 0.6 is 0 Å². The van der Waals surface area contributed by atoms with Gasteiger partial charge in [-0.3, -0.25) is 0 Å². The summed E-state index contributed by atoms with van der Waals surface area (Å²) >= 11 is 0. The lowest BCUT2D eigenvalue weighted by atomic mass is 9.86. The van der Waals surface area contributed by atoms with E-state index < -0.39 is 77.9 Å². The van der Waals surface area contributed by atoms with Crippen molar-refractivity contribution in [1.29, 1.82) is 0 Å². The number of pyridine rings is 5. The van der Waals surface area contributed by atoms with Crippen LogP contribution in [-0.4, -0.2) is 0 Å². The molecule has 0 fully saturated rings. The Labute approximate surface area is 627 Å². The Morgan fingerprint density at radius 3 is 1.14 bits per heavy atom. The van der Waals surface area contributed by atoms with E-state index in [2.05, 4.69) is 140 Å². The SMILES string of the molecule is Cc1cc(C)c(C)c(-c2cc(C)c(C)c[n+]2C)c1.Cc1cc(C)c(C)c(-c2ccc(C)c[n+]2C)c1.[2H]C([2H])([2H])C.[2H]C([2H])([2H])c1ccc(-c2cc(C([2H])([2H])C(C)(C)C)c(C([2H])([2H])[2H])c[n+]2C)c(C)c1.[2H]C([2H])([2H])c1ccc(-c2cc(C([2H])([2H])C(C)C)c(C([2H])([2H])[2H])c[n+]2C)c(C)c1.[2H]C([2H])([2H])c1ccc(-c2cc(C)c(C([2H])(C)C([2H])([2H])[2H])c[n+]2C)c(C)c1. The number of nitrogens with zero attached hydrogens (tertiary/aromatic N) is 5. The van der Waals surface area contributed by atoms with E-state index in [1.807, 2.05) is 13.0 Å². The van der Waals surface area contributed by atoms with Crippen LogP contribution in [0.25, 0.3) is 56.3 Å². The fourth-order valence-electron chi connectivity index (χ4n) is 11.8. The number of aryl methyl sites for hydroxylation is 21. The van der Waals surface area contributed by atoms with Crippen LogP contribution in [0.5, 0.6) is 0 Å². The molecule has 0 aliphatic rings. The van der Waals surface area contributed by atoms with Crippen LogP contribution in [0.4, 0.5) is 0 Å². The molecule has 0 spiro atoms. The van der Waals surface area contributed by atoms with Gasteiger partial charge in [0, 0.05) is 122 Å².